The van der Waals surface area contributed by atoms with Gasteiger partial charge in [0, 0.05) is 60.6 Å². The van der Waals surface area contributed by atoms with Crippen LogP contribution in [0.4, 0.5) is 41.0 Å². The summed E-state index contributed by atoms with van der Waals surface area (Å²) in [6, 6.07) is 15.1. The first kappa shape index (κ1) is 28.5. The highest BCUT2D eigenvalue weighted by Crippen LogP contribution is 2.35. The van der Waals surface area contributed by atoms with E-state index in [0.717, 1.165) is 17.7 Å². The highest BCUT2D eigenvalue weighted by Gasteiger charge is 2.32. The molecular formula is C29H26F3N7O3. The third-order valence-electron chi connectivity index (χ3n) is 6.30. The van der Waals surface area contributed by atoms with Crippen molar-refractivity contribution in [2.24, 2.45) is 0 Å². The van der Waals surface area contributed by atoms with E-state index in [2.05, 4.69) is 30.9 Å². The predicted molar refractivity (Wildman–Crippen MR) is 152 cm³/mol. The van der Waals surface area contributed by atoms with Crippen molar-refractivity contribution in [3.8, 4) is 22.5 Å². The Kier molecular flexibility index (Phi) is 8.29. The number of hydrogen-bond acceptors (Lipinski definition) is 7. The smallest absolute Gasteiger partial charge is 0.378 e. The second-order valence-corrected chi connectivity index (χ2v) is 9.40. The molecule has 10 nitrogen and oxygen atoms in total. The van der Waals surface area contributed by atoms with Crippen LogP contribution in [0.5, 0.6) is 0 Å². The first-order chi connectivity index (χ1) is 20.1. The Balaban J connectivity index is 1.29. The number of benzene rings is 2. The molecule has 0 radical (unpaired) electrons. The van der Waals surface area contributed by atoms with Crippen LogP contribution >= 0.6 is 0 Å². The zero-order valence-corrected chi connectivity index (χ0v) is 22.4. The lowest BCUT2D eigenvalue weighted by Gasteiger charge is -2.29. The van der Waals surface area contributed by atoms with Gasteiger partial charge in [-0.2, -0.15) is 13.2 Å². The molecule has 0 aliphatic carbocycles. The molecule has 0 bridgehead atoms. The summed E-state index contributed by atoms with van der Waals surface area (Å²) in [5, 5.41) is 7.67. The minimum atomic E-state index is -4.59. The quantitative estimate of drug-likeness (QED) is 0.270. The van der Waals surface area contributed by atoms with Crippen LogP contribution in [0.2, 0.25) is 0 Å². The molecule has 1 saturated heterocycles. The summed E-state index contributed by atoms with van der Waals surface area (Å²) in [7, 11) is 0. The van der Waals surface area contributed by atoms with Crippen LogP contribution < -0.4 is 20.9 Å². The van der Waals surface area contributed by atoms with Crippen LogP contribution in [-0.4, -0.2) is 53.2 Å². The van der Waals surface area contributed by atoms with Gasteiger partial charge in [-0.1, -0.05) is 12.1 Å². The summed E-state index contributed by atoms with van der Waals surface area (Å²) in [4.78, 5) is 38.7. The van der Waals surface area contributed by atoms with Gasteiger partial charge < -0.3 is 20.3 Å². The molecule has 0 spiro atoms. The topological polar surface area (TPSA) is 121 Å². The lowest BCUT2D eigenvalue weighted by Crippen LogP contribution is -2.36. The summed E-state index contributed by atoms with van der Waals surface area (Å²) in [5.41, 5.74) is 2.68. The van der Waals surface area contributed by atoms with Gasteiger partial charge in [0.2, 0.25) is 11.9 Å². The highest BCUT2D eigenvalue weighted by atomic mass is 19.4. The van der Waals surface area contributed by atoms with Crippen LogP contribution in [0.3, 0.4) is 0 Å². The number of alkyl halides is 3. The minimum Gasteiger partial charge on any atom is -0.378 e. The third kappa shape index (κ3) is 7.18. The number of nitrogens with one attached hydrogen (secondary N) is 3. The van der Waals surface area contributed by atoms with Gasteiger partial charge in [-0.25, -0.2) is 14.8 Å². The summed E-state index contributed by atoms with van der Waals surface area (Å²) in [6.07, 6.45) is -1.53. The molecule has 42 heavy (non-hydrogen) atoms. The number of rotatable bonds is 6. The van der Waals surface area contributed by atoms with Crippen LogP contribution in [0.15, 0.2) is 73.1 Å². The number of aromatic nitrogens is 3. The zero-order valence-electron chi connectivity index (χ0n) is 22.4. The Bertz CT molecular complexity index is 1590. The van der Waals surface area contributed by atoms with E-state index < -0.39 is 17.8 Å². The Morgan fingerprint density at radius 1 is 0.857 bits per heavy atom. The SMILES string of the molecule is CC(=O)Nc1cccc(-c2ccc(-c3ccnc(NC(=O)Nc4cc(N5CCOCC5)cc(C(F)(F)F)c4)n3)cn2)c1. The van der Waals surface area contributed by atoms with Crippen molar-refractivity contribution < 1.29 is 27.5 Å². The van der Waals surface area contributed by atoms with E-state index in [-0.39, 0.29) is 17.5 Å². The Morgan fingerprint density at radius 2 is 1.67 bits per heavy atom. The number of ether oxygens (including phenoxy) is 1. The summed E-state index contributed by atoms with van der Waals surface area (Å²) < 4.78 is 46.0. The van der Waals surface area contributed by atoms with Crippen molar-refractivity contribution >= 4 is 34.9 Å². The second kappa shape index (κ2) is 12.2. The fourth-order valence-electron chi connectivity index (χ4n) is 4.37. The number of halogens is 3. The number of hydrogen-bond donors (Lipinski definition) is 3. The van der Waals surface area contributed by atoms with E-state index in [0.29, 0.717) is 54.6 Å². The van der Waals surface area contributed by atoms with E-state index in [1.807, 2.05) is 18.2 Å². The number of amides is 3. The number of urea groups is 1. The molecule has 0 atom stereocenters. The molecule has 0 saturated carbocycles. The zero-order chi connectivity index (χ0) is 29.7. The predicted octanol–water partition coefficient (Wildman–Crippen LogP) is 5.66. The van der Waals surface area contributed by atoms with Crippen molar-refractivity contribution in [3.63, 3.8) is 0 Å². The standard InChI is InChI=1S/C29H26F3N7O3/c1-18(40)35-22-4-2-3-19(13-22)25-6-5-20(17-34-25)26-7-8-33-27(37-26)38-28(41)36-23-14-21(29(30,31)32)15-24(16-23)39-9-11-42-12-10-39/h2-8,13-17H,9-12H2,1H3,(H,35,40)(H2,33,36,37,38,41). The fourth-order valence-corrected chi connectivity index (χ4v) is 4.37. The van der Waals surface area contributed by atoms with Crippen molar-refractivity contribution in [1.82, 2.24) is 15.0 Å². The molecular weight excluding hydrogens is 551 g/mol. The third-order valence-corrected chi connectivity index (χ3v) is 6.30. The van der Waals surface area contributed by atoms with Crippen molar-refractivity contribution in [3.05, 3.63) is 78.6 Å². The van der Waals surface area contributed by atoms with Gasteiger partial charge in [-0.3, -0.25) is 15.1 Å². The van der Waals surface area contributed by atoms with E-state index in [1.165, 1.54) is 19.2 Å². The van der Waals surface area contributed by atoms with Gasteiger partial charge in [0.05, 0.1) is 30.2 Å². The number of pyridine rings is 1. The number of anilines is 4. The highest BCUT2D eigenvalue weighted by molar-refractivity contribution is 5.99. The summed E-state index contributed by atoms with van der Waals surface area (Å²) in [6.45, 7) is 3.11. The Hall–Kier alpha value is -5.04. The second-order valence-electron chi connectivity index (χ2n) is 9.40. The van der Waals surface area contributed by atoms with E-state index in [1.54, 1.807) is 35.4 Å². The first-order valence-corrected chi connectivity index (χ1v) is 12.9. The Labute approximate surface area is 239 Å². The van der Waals surface area contributed by atoms with Crippen molar-refractivity contribution in [2.45, 2.75) is 13.1 Å². The molecule has 3 amide bonds. The average Bonchev–Trinajstić information content (AvgIpc) is 2.97. The van der Waals surface area contributed by atoms with Gasteiger partial charge in [0.1, 0.15) is 0 Å². The number of carbonyl (C=O) groups is 2. The van der Waals surface area contributed by atoms with Crippen molar-refractivity contribution in [1.29, 1.82) is 0 Å². The molecule has 3 heterocycles. The van der Waals surface area contributed by atoms with Gasteiger partial charge in [-0.05, 0) is 48.5 Å². The van der Waals surface area contributed by atoms with Crippen molar-refractivity contribution in [2.75, 3.05) is 47.2 Å². The molecule has 5 rings (SSSR count). The van der Waals surface area contributed by atoms with E-state index in [4.69, 9.17) is 4.74 Å². The molecule has 1 fully saturated rings. The Morgan fingerprint density at radius 3 is 2.38 bits per heavy atom. The van der Waals surface area contributed by atoms with Gasteiger partial charge >= 0.3 is 12.2 Å². The number of nitrogens with zero attached hydrogens (tertiary/aromatic N) is 4. The maximum atomic E-state index is 13.6. The minimum absolute atomic E-state index is 0.0256. The summed E-state index contributed by atoms with van der Waals surface area (Å²) >= 11 is 0. The van der Waals surface area contributed by atoms with Crippen LogP contribution in [0, 0.1) is 0 Å². The lowest BCUT2D eigenvalue weighted by atomic mass is 10.1. The molecule has 3 N–H and O–H groups in total. The molecule has 4 aromatic rings. The van der Waals surface area contributed by atoms with Gasteiger partial charge in [0.15, 0.2) is 0 Å². The molecule has 1 aliphatic rings. The normalized spacial score (nSPS) is 13.4. The van der Waals surface area contributed by atoms with E-state index in [9.17, 15) is 22.8 Å². The molecule has 13 heteroatoms. The van der Waals surface area contributed by atoms with Crippen LogP contribution in [0.25, 0.3) is 22.5 Å². The van der Waals surface area contributed by atoms with Crippen LogP contribution in [0.1, 0.15) is 12.5 Å². The first-order valence-electron chi connectivity index (χ1n) is 12.9. The monoisotopic (exact) mass is 577 g/mol. The molecule has 1 aliphatic heterocycles. The largest absolute Gasteiger partial charge is 0.416 e. The average molecular weight is 578 g/mol. The van der Waals surface area contributed by atoms with E-state index >= 15 is 0 Å². The maximum Gasteiger partial charge on any atom is 0.416 e. The maximum absolute atomic E-state index is 13.6. The molecule has 216 valence electrons. The molecule has 2 aromatic carbocycles. The number of morpholine rings is 1. The lowest BCUT2D eigenvalue weighted by molar-refractivity contribution is -0.137. The fraction of sp³-hybridized carbons (Fsp3) is 0.207. The number of carbonyl (C=O) groups excluding carboxylic acids is 2. The van der Waals surface area contributed by atoms with Gasteiger partial charge in [0.25, 0.3) is 0 Å². The summed E-state index contributed by atoms with van der Waals surface area (Å²) in [5.74, 6) is -0.220. The molecule has 0 unspecified atom stereocenters. The van der Waals surface area contributed by atoms with Gasteiger partial charge in [-0.15, -0.1) is 0 Å². The van der Waals surface area contributed by atoms with Crippen LogP contribution in [-0.2, 0) is 15.7 Å². The molecule has 2 aromatic heterocycles.